The van der Waals surface area contributed by atoms with Gasteiger partial charge in [-0.3, -0.25) is 0 Å². The summed E-state index contributed by atoms with van der Waals surface area (Å²) in [6.45, 7) is 2.04. The minimum absolute atomic E-state index is 0.606. The van der Waals surface area contributed by atoms with Crippen LogP contribution in [0.25, 0.3) is 0 Å². The molecule has 0 aliphatic carbocycles. The van der Waals surface area contributed by atoms with Gasteiger partial charge in [0.1, 0.15) is 0 Å². The lowest BCUT2D eigenvalue weighted by molar-refractivity contribution is 0.391. The molecule has 0 heterocycles. The van der Waals surface area contributed by atoms with Gasteiger partial charge < -0.3 is 4.74 Å². The van der Waals surface area contributed by atoms with E-state index in [-0.39, 0.29) is 0 Å². The van der Waals surface area contributed by atoms with Crippen molar-refractivity contribution in [3.8, 4) is 0 Å². The van der Waals surface area contributed by atoms with Gasteiger partial charge in [-0.2, -0.15) is 0 Å². The molecule has 0 aromatic carbocycles. The number of nitrogens with zero attached hydrogens (tertiary/aromatic N) is 1. The van der Waals surface area contributed by atoms with Gasteiger partial charge in [-0.15, -0.1) is 4.51 Å². The van der Waals surface area contributed by atoms with Crippen molar-refractivity contribution in [2.24, 2.45) is 4.51 Å². The van der Waals surface area contributed by atoms with Crippen LogP contribution in [0.5, 0.6) is 0 Å². The average molecular weight is 136 g/mol. The largest absolute Gasteiger partial charge is 0.483 e. The Hall–Kier alpha value is -0.240. The van der Waals surface area contributed by atoms with E-state index in [0.29, 0.717) is 5.90 Å². The molecule has 2 nitrogen and oxygen atoms in total. The van der Waals surface area contributed by atoms with E-state index in [4.69, 9.17) is 16.5 Å². The Morgan fingerprint density at radius 2 is 2.38 bits per heavy atom. The van der Waals surface area contributed by atoms with Crippen molar-refractivity contribution in [1.82, 2.24) is 0 Å². The molecule has 0 aliphatic heterocycles. The van der Waals surface area contributed by atoms with Crippen LogP contribution < -0.4 is 0 Å². The molecule has 48 valence electrons. The first-order valence-electron chi connectivity index (χ1n) is 2.57. The summed E-state index contributed by atoms with van der Waals surface area (Å²) in [5, 5.41) is 0. The maximum Gasteiger partial charge on any atom is 0.200 e. The first kappa shape index (κ1) is 7.76. The third-order valence-corrected chi connectivity index (χ3v) is 0.982. The summed E-state index contributed by atoms with van der Waals surface area (Å²) in [5.74, 6) is 0.606. The van der Waals surface area contributed by atoms with E-state index in [1.807, 2.05) is 6.92 Å². The van der Waals surface area contributed by atoms with Crippen LogP contribution in [0.15, 0.2) is 4.51 Å². The molecule has 0 aliphatic rings. The highest BCUT2D eigenvalue weighted by atomic mass is 35.5. The zero-order chi connectivity index (χ0) is 6.41. The van der Waals surface area contributed by atoms with Crippen LogP contribution in [0.2, 0.25) is 0 Å². The Kier molecular flexibility index (Phi) is 4.76. The molecule has 0 aromatic rings. The Balaban J connectivity index is 3.38. The first-order chi connectivity index (χ1) is 3.85. The second kappa shape index (κ2) is 4.91. The molecular formula is C5H10ClNO. The predicted octanol–water partition coefficient (Wildman–Crippen LogP) is 1.99. The normalized spacial score (nSPS) is 11.6. The fraction of sp³-hybridized carbons (Fsp3) is 0.800. The van der Waals surface area contributed by atoms with Gasteiger partial charge in [-0.05, 0) is 6.42 Å². The van der Waals surface area contributed by atoms with Gasteiger partial charge in [-0.25, -0.2) is 0 Å². The summed E-state index contributed by atoms with van der Waals surface area (Å²) in [4.78, 5) is 0. The van der Waals surface area contributed by atoms with Crippen molar-refractivity contribution in [2.45, 2.75) is 19.8 Å². The lowest BCUT2D eigenvalue weighted by Crippen LogP contribution is -1.97. The zero-order valence-electron chi connectivity index (χ0n) is 5.15. The van der Waals surface area contributed by atoms with Gasteiger partial charge in [0.15, 0.2) is 0 Å². The molecule has 0 spiro atoms. The first-order valence-corrected chi connectivity index (χ1v) is 2.90. The highest BCUT2D eigenvalue weighted by Gasteiger charge is 1.91. The fourth-order valence-corrected chi connectivity index (χ4v) is 0.546. The minimum Gasteiger partial charge on any atom is -0.483 e. The smallest absolute Gasteiger partial charge is 0.200 e. The summed E-state index contributed by atoms with van der Waals surface area (Å²) in [6.07, 6.45) is 1.83. The van der Waals surface area contributed by atoms with Crippen LogP contribution in [-0.2, 0) is 4.74 Å². The fourth-order valence-electron chi connectivity index (χ4n) is 0.393. The number of hydrogen-bond donors (Lipinski definition) is 0. The summed E-state index contributed by atoms with van der Waals surface area (Å²) in [6, 6.07) is 0. The van der Waals surface area contributed by atoms with Crippen LogP contribution in [0.4, 0.5) is 0 Å². The Morgan fingerprint density at radius 3 is 2.50 bits per heavy atom. The standard InChI is InChI=1S/C5H10ClNO/c1-3-4-5(7-6)8-2/h3-4H2,1-2H3. The van der Waals surface area contributed by atoms with Crippen LogP contribution in [-0.4, -0.2) is 13.0 Å². The van der Waals surface area contributed by atoms with Crippen LogP contribution >= 0.6 is 11.8 Å². The molecule has 0 radical (unpaired) electrons. The van der Waals surface area contributed by atoms with Gasteiger partial charge >= 0.3 is 0 Å². The molecule has 8 heavy (non-hydrogen) atoms. The highest BCUT2D eigenvalue weighted by Crippen LogP contribution is 1.94. The molecule has 0 saturated heterocycles. The maximum absolute atomic E-state index is 5.11. The van der Waals surface area contributed by atoms with E-state index in [1.165, 1.54) is 0 Å². The average Bonchev–Trinajstić information content (AvgIpc) is 1.83. The summed E-state index contributed by atoms with van der Waals surface area (Å²) in [5.41, 5.74) is 0. The van der Waals surface area contributed by atoms with Crippen molar-refractivity contribution < 1.29 is 4.74 Å². The zero-order valence-corrected chi connectivity index (χ0v) is 5.90. The molecule has 0 saturated carbocycles. The van der Waals surface area contributed by atoms with Gasteiger partial charge in [-0.1, -0.05) is 6.92 Å². The lowest BCUT2D eigenvalue weighted by atomic mass is 10.3. The van der Waals surface area contributed by atoms with E-state index >= 15 is 0 Å². The SMILES string of the molecule is CCCC(=NCl)OC. The maximum atomic E-state index is 5.11. The molecule has 0 rings (SSSR count). The Bertz CT molecular complexity index is 82.5. The number of ether oxygens (including phenoxy) is 1. The monoisotopic (exact) mass is 135 g/mol. The quantitative estimate of drug-likeness (QED) is 0.419. The molecule has 3 heteroatoms. The summed E-state index contributed by atoms with van der Waals surface area (Å²) >= 11 is 5.11. The molecule has 0 aromatic heterocycles. The number of halogens is 1. The second-order valence-electron chi connectivity index (χ2n) is 1.43. The van der Waals surface area contributed by atoms with Crippen LogP contribution in [0.3, 0.4) is 0 Å². The third kappa shape index (κ3) is 2.86. The van der Waals surface area contributed by atoms with Gasteiger partial charge in [0.25, 0.3) is 0 Å². The Morgan fingerprint density at radius 1 is 1.75 bits per heavy atom. The topological polar surface area (TPSA) is 21.6 Å². The predicted molar refractivity (Wildman–Crippen MR) is 35.2 cm³/mol. The number of rotatable bonds is 2. The molecule has 0 amide bonds. The van der Waals surface area contributed by atoms with Crippen molar-refractivity contribution in [1.29, 1.82) is 0 Å². The highest BCUT2D eigenvalue weighted by molar-refractivity contribution is 6.19. The van der Waals surface area contributed by atoms with Crippen molar-refractivity contribution in [2.75, 3.05) is 7.11 Å². The van der Waals surface area contributed by atoms with E-state index < -0.39 is 0 Å². The van der Waals surface area contributed by atoms with Crippen molar-refractivity contribution in [3.05, 3.63) is 0 Å². The lowest BCUT2D eigenvalue weighted by Gasteiger charge is -1.97. The molecular weight excluding hydrogens is 126 g/mol. The number of methoxy groups -OCH3 is 1. The van der Waals surface area contributed by atoms with Crippen LogP contribution in [0, 0.1) is 0 Å². The van der Waals surface area contributed by atoms with E-state index in [0.717, 1.165) is 12.8 Å². The minimum atomic E-state index is 0.606. The molecule has 0 atom stereocenters. The molecule has 0 fully saturated rings. The Labute approximate surface area is 54.6 Å². The van der Waals surface area contributed by atoms with Gasteiger partial charge in [0.05, 0.1) is 7.11 Å². The summed E-state index contributed by atoms with van der Waals surface area (Å²) < 4.78 is 8.12. The van der Waals surface area contributed by atoms with Crippen LogP contribution in [0.1, 0.15) is 19.8 Å². The molecule has 0 unspecified atom stereocenters. The van der Waals surface area contributed by atoms with E-state index in [9.17, 15) is 0 Å². The molecule has 0 N–H and O–H groups in total. The van der Waals surface area contributed by atoms with E-state index in [2.05, 4.69) is 4.51 Å². The number of hydrogen-bond acceptors (Lipinski definition) is 2. The molecule has 0 bridgehead atoms. The van der Waals surface area contributed by atoms with Gasteiger partial charge in [0.2, 0.25) is 5.90 Å². The van der Waals surface area contributed by atoms with E-state index in [1.54, 1.807) is 7.11 Å². The second-order valence-corrected chi connectivity index (χ2v) is 1.60. The van der Waals surface area contributed by atoms with Crippen molar-refractivity contribution >= 4 is 17.7 Å². The third-order valence-electron chi connectivity index (χ3n) is 0.794. The summed E-state index contributed by atoms with van der Waals surface area (Å²) in [7, 11) is 1.57. The van der Waals surface area contributed by atoms with Crippen molar-refractivity contribution in [3.63, 3.8) is 0 Å². The van der Waals surface area contributed by atoms with Gasteiger partial charge in [0, 0.05) is 18.2 Å².